The van der Waals surface area contributed by atoms with E-state index in [4.69, 9.17) is 14.2 Å². The van der Waals surface area contributed by atoms with Gasteiger partial charge in [0.05, 0.1) is 21.3 Å². The van der Waals surface area contributed by atoms with E-state index in [1.54, 1.807) is 51.7 Å². The Bertz CT molecular complexity index is 845. The highest BCUT2D eigenvalue weighted by Crippen LogP contribution is 2.38. The standard InChI is InChI=1S/C23H26O4/c1-7-23(2,3)19-14-17(21(26-5)15-22(19)27-6)10-13-20(24)16-8-11-18(25-4)12-9-16/h7-15H,1H2,2-6H3/b13-10+. The number of ketones is 1. The molecule has 2 aromatic rings. The number of rotatable bonds is 8. The van der Waals surface area contributed by atoms with Crippen molar-refractivity contribution in [2.24, 2.45) is 0 Å². The van der Waals surface area contributed by atoms with Crippen molar-refractivity contribution in [3.8, 4) is 17.2 Å². The summed E-state index contributed by atoms with van der Waals surface area (Å²) in [6, 6.07) is 10.8. The number of carbonyl (C=O) groups is 1. The zero-order valence-electron chi connectivity index (χ0n) is 16.5. The van der Waals surface area contributed by atoms with Gasteiger partial charge in [0, 0.05) is 28.2 Å². The normalized spacial score (nSPS) is 11.3. The van der Waals surface area contributed by atoms with Crippen LogP contribution in [0.5, 0.6) is 17.2 Å². The number of hydrogen-bond acceptors (Lipinski definition) is 4. The van der Waals surface area contributed by atoms with Crippen LogP contribution in [-0.4, -0.2) is 27.1 Å². The number of ether oxygens (including phenoxy) is 3. The van der Waals surface area contributed by atoms with Crippen LogP contribution >= 0.6 is 0 Å². The van der Waals surface area contributed by atoms with Gasteiger partial charge in [-0.1, -0.05) is 19.9 Å². The van der Waals surface area contributed by atoms with Gasteiger partial charge in [-0.3, -0.25) is 4.79 Å². The fourth-order valence-electron chi connectivity index (χ4n) is 2.68. The van der Waals surface area contributed by atoms with E-state index in [1.165, 1.54) is 6.08 Å². The van der Waals surface area contributed by atoms with Gasteiger partial charge in [0.1, 0.15) is 17.2 Å². The molecule has 142 valence electrons. The lowest BCUT2D eigenvalue weighted by atomic mass is 9.83. The Hall–Kier alpha value is -3.01. The lowest BCUT2D eigenvalue weighted by Crippen LogP contribution is -2.15. The molecule has 0 amide bonds. The molecular weight excluding hydrogens is 340 g/mol. The van der Waals surface area contributed by atoms with Gasteiger partial charge in [-0.05, 0) is 42.5 Å². The zero-order valence-corrected chi connectivity index (χ0v) is 16.5. The molecule has 0 heterocycles. The second-order valence-electron chi connectivity index (χ2n) is 6.65. The molecule has 0 saturated carbocycles. The minimum atomic E-state index is -0.291. The Morgan fingerprint density at radius 2 is 1.59 bits per heavy atom. The Kier molecular flexibility index (Phi) is 6.45. The first-order chi connectivity index (χ1) is 12.9. The lowest BCUT2D eigenvalue weighted by molar-refractivity contribution is 0.104. The third-order valence-corrected chi connectivity index (χ3v) is 4.55. The first-order valence-electron chi connectivity index (χ1n) is 8.62. The van der Waals surface area contributed by atoms with Gasteiger partial charge in [-0.25, -0.2) is 0 Å². The molecule has 0 aromatic heterocycles. The minimum Gasteiger partial charge on any atom is -0.497 e. The highest BCUT2D eigenvalue weighted by Gasteiger charge is 2.23. The molecule has 0 saturated heterocycles. The van der Waals surface area contributed by atoms with Crippen LogP contribution in [0, 0.1) is 0 Å². The predicted molar refractivity (Wildman–Crippen MR) is 109 cm³/mol. The van der Waals surface area contributed by atoms with Crippen LogP contribution in [0.25, 0.3) is 6.08 Å². The number of benzene rings is 2. The zero-order chi connectivity index (χ0) is 20.0. The van der Waals surface area contributed by atoms with Crippen LogP contribution in [0.2, 0.25) is 0 Å². The molecule has 4 nitrogen and oxygen atoms in total. The molecule has 27 heavy (non-hydrogen) atoms. The molecule has 2 rings (SSSR count). The summed E-state index contributed by atoms with van der Waals surface area (Å²) in [6.07, 6.45) is 5.16. The van der Waals surface area contributed by atoms with E-state index in [2.05, 4.69) is 20.4 Å². The molecule has 0 atom stereocenters. The summed E-state index contributed by atoms with van der Waals surface area (Å²) in [5.41, 5.74) is 2.06. The number of allylic oxidation sites excluding steroid dienone is 2. The summed E-state index contributed by atoms with van der Waals surface area (Å²) < 4.78 is 16.1. The van der Waals surface area contributed by atoms with Gasteiger partial charge >= 0.3 is 0 Å². The fourth-order valence-corrected chi connectivity index (χ4v) is 2.68. The largest absolute Gasteiger partial charge is 0.497 e. The van der Waals surface area contributed by atoms with E-state index in [1.807, 2.05) is 18.2 Å². The molecule has 2 aromatic carbocycles. The number of methoxy groups -OCH3 is 3. The Morgan fingerprint density at radius 3 is 2.11 bits per heavy atom. The van der Waals surface area contributed by atoms with Gasteiger partial charge in [0.25, 0.3) is 0 Å². The Labute approximate surface area is 161 Å². The van der Waals surface area contributed by atoms with E-state index in [0.29, 0.717) is 17.1 Å². The van der Waals surface area contributed by atoms with Crippen LogP contribution < -0.4 is 14.2 Å². The topological polar surface area (TPSA) is 44.8 Å². The quantitative estimate of drug-likeness (QED) is 0.372. The average Bonchev–Trinajstić information content (AvgIpc) is 2.71. The second-order valence-corrected chi connectivity index (χ2v) is 6.65. The monoisotopic (exact) mass is 366 g/mol. The lowest BCUT2D eigenvalue weighted by Gasteiger charge is -2.24. The van der Waals surface area contributed by atoms with Crippen molar-refractivity contribution in [2.75, 3.05) is 21.3 Å². The maximum Gasteiger partial charge on any atom is 0.185 e. The molecule has 0 aliphatic heterocycles. The highest BCUT2D eigenvalue weighted by atomic mass is 16.5. The first kappa shape index (κ1) is 20.3. The van der Waals surface area contributed by atoms with Crippen molar-refractivity contribution in [1.82, 2.24) is 0 Å². The predicted octanol–water partition coefficient (Wildman–Crippen LogP) is 5.07. The van der Waals surface area contributed by atoms with E-state index < -0.39 is 0 Å². The summed E-state index contributed by atoms with van der Waals surface area (Å²) in [7, 11) is 4.81. The van der Waals surface area contributed by atoms with Crippen molar-refractivity contribution < 1.29 is 19.0 Å². The van der Waals surface area contributed by atoms with E-state index in [0.717, 1.165) is 16.9 Å². The molecule has 0 aliphatic carbocycles. The molecule has 4 heteroatoms. The fraction of sp³-hybridized carbons (Fsp3) is 0.261. The third kappa shape index (κ3) is 4.59. The number of carbonyl (C=O) groups excluding carboxylic acids is 1. The molecule has 0 bridgehead atoms. The Balaban J connectivity index is 2.41. The van der Waals surface area contributed by atoms with Gasteiger partial charge in [0.15, 0.2) is 5.78 Å². The Morgan fingerprint density at radius 1 is 0.963 bits per heavy atom. The summed E-state index contributed by atoms with van der Waals surface area (Å²) in [4.78, 5) is 12.5. The van der Waals surface area contributed by atoms with Gasteiger partial charge in [-0.2, -0.15) is 0 Å². The highest BCUT2D eigenvalue weighted by molar-refractivity contribution is 6.07. The summed E-state index contributed by atoms with van der Waals surface area (Å²) in [5.74, 6) is 1.97. The van der Waals surface area contributed by atoms with Gasteiger partial charge < -0.3 is 14.2 Å². The van der Waals surface area contributed by atoms with Crippen molar-refractivity contribution in [3.63, 3.8) is 0 Å². The molecule has 0 radical (unpaired) electrons. The first-order valence-corrected chi connectivity index (χ1v) is 8.62. The molecule has 0 spiro atoms. The van der Waals surface area contributed by atoms with Crippen molar-refractivity contribution in [1.29, 1.82) is 0 Å². The summed E-state index contributed by atoms with van der Waals surface area (Å²) in [5, 5.41) is 0. The molecule has 0 unspecified atom stereocenters. The average molecular weight is 366 g/mol. The summed E-state index contributed by atoms with van der Waals surface area (Å²) >= 11 is 0. The number of hydrogen-bond donors (Lipinski definition) is 0. The van der Waals surface area contributed by atoms with E-state index in [-0.39, 0.29) is 11.2 Å². The minimum absolute atomic E-state index is 0.0972. The van der Waals surface area contributed by atoms with Crippen LogP contribution in [0.4, 0.5) is 0 Å². The maximum absolute atomic E-state index is 12.5. The van der Waals surface area contributed by atoms with Crippen LogP contribution in [0.1, 0.15) is 35.3 Å². The van der Waals surface area contributed by atoms with Gasteiger partial charge in [0.2, 0.25) is 0 Å². The van der Waals surface area contributed by atoms with Crippen molar-refractivity contribution in [2.45, 2.75) is 19.3 Å². The van der Waals surface area contributed by atoms with Crippen molar-refractivity contribution >= 4 is 11.9 Å². The summed E-state index contributed by atoms with van der Waals surface area (Å²) in [6.45, 7) is 8.03. The molecule has 0 fully saturated rings. The SMILES string of the molecule is C=CC(C)(C)c1cc(/C=C/C(=O)c2ccc(OC)cc2)c(OC)cc1OC. The molecular formula is C23H26O4. The van der Waals surface area contributed by atoms with Crippen molar-refractivity contribution in [3.05, 3.63) is 71.8 Å². The van der Waals surface area contributed by atoms with Crippen LogP contribution in [0.15, 0.2) is 55.1 Å². The van der Waals surface area contributed by atoms with Crippen LogP contribution in [-0.2, 0) is 5.41 Å². The van der Waals surface area contributed by atoms with Gasteiger partial charge in [-0.15, -0.1) is 6.58 Å². The van der Waals surface area contributed by atoms with E-state index in [9.17, 15) is 4.79 Å². The smallest absolute Gasteiger partial charge is 0.185 e. The second kappa shape index (κ2) is 8.58. The third-order valence-electron chi connectivity index (χ3n) is 4.55. The van der Waals surface area contributed by atoms with Crippen LogP contribution in [0.3, 0.4) is 0 Å². The molecule has 0 N–H and O–H groups in total. The maximum atomic E-state index is 12.5. The molecule has 0 aliphatic rings. The van der Waals surface area contributed by atoms with E-state index >= 15 is 0 Å².